The molecular formula is C13H11FN2O2. The lowest BCUT2D eigenvalue weighted by Crippen LogP contribution is -2.23. The molecule has 2 aromatic rings. The maximum atomic E-state index is 12.8. The number of nitrogens with zero attached hydrogens (tertiary/aromatic N) is 1. The van der Waals surface area contributed by atoms with Gasteiger partial charge in [0.25, 0.3) is 5.91 Å². The van der Waals surface area contributed by atoms with Gasteiger partial charge >= 0.3 is 0 Å². The van der Waals surface area contributed by atoms with Crippen LogP contribution in [0, 0.1) is 5.82 Å². The van der Waals surface area contributed by atoms with Crippen molar-refractivity contribution in [3.63, 3.8) is 0 Å². The first kappa shape index (κ1) is 12.0. The summed E-state index contributed by atoms with van der Waals surface area (Å²) in [4.78, 5) is 11.6. The number of aromatic nitrogens is 1. The third-order valence-corrected chi connectivity index (χ3v) is 2.28. The monoisotopic (exact) mass is 246 g/mol. The van der Waals surface area contributed by atoms with Gasteiger partial charge in [-0.1, -0.05) is 11.2 Å². The van der Waals surface area contributed by atoms with Crippen LogP contribution in [0.3, 0.4) is 0 Å². The maximum absolute atomic E-state index is 12.8. The lowest BCUT2D eigenvalue weighted by atomic mass is 10.1. The van der Waals surface area contributed by atoms with Gasteiger partial charge in [-0.05, 0) is 24.3 Å². The lowest BCUT2D eigenvalue weighted by Gasteiger charge is -1.95. The molecular weight excluding hydrogens is 235 g/mol. The number of halogens is 1. The van der Waals surface area contributed by atoms with Crippen molar-refractivity contribution >= 4 is 5.91 Å². The molecule has 0 saturated heterocycles. The molecule has 1 amide bonds. The second kappa shape index (κ2) is 5.27. The van der Waals surface area contributed by atoms with Crippen LogP contribution >= 0.6 is 0 Å². The maximum Gasteiger partial charge on any atom is 0.273 e. The Hall–Kier alpha value is -2.43. The van der Waals surface area contributed by atoms with Gasteiger partial charge in [0.05, 0.1) is 0 Å². The van der Waals surface area contributed by atoms with Gasteiger partial charge in [-0.2, -0.15) is 0 Å². The van der Waals surface area contributed by atoms with Crippen molar-refractivity contribution in [1.82, 2.24) is 10.5 Å². The topological polar surface area (TPSA) is 55.1 Å². The predicted octanol–water partition coefficient (Wildman–Crippen LogP) is 2.40. The molecule has 0 unspecified atom stereocenters. The van der Waals surface area contributed by atoms with E-state index in [-0.39, 0.29) is 17.4 Å². The highest BCUT2D eigenvalue weighted by atomic mass is 19.1. The molecule has 18 heavy (non-hydrogen) atoms. The van der Waals surface area contributed by atoms with E-state index in [0.717, 1.165) is 0 Å². The van der Waals surface area contributed by atoms with Gasteiger partial charge in [0.1, 0.15) is 5.82 Å². The van der Waals surface area contributed by atoms with Crippen molar-refractivity contribution in [2.24, 2.45) is 0 Å². The average Bonchev–Trinajstić information content (AvgIpc) is 2.86. The molecule has 1 aromatic heterocycles. The van der Waals surface area contributed by atoms with E-state index in [0.29, 0.717) is 17.9 Å². The molecule has 92 valence electrons. The van der Waals surface area contributed by atoms with Crippen LogP contribution in [0.1, 0.15) is 10.5 Å². The Morgan fingerprint density at radius 2 is 2.17 bits per heavy atom. The highest BCUT2D eigenvalue weighted by Crippen LogP contribution is 2.20. The zero-order chi connectivity index (χ0) is 13.0. The first-order valence-electron chi connectivity index (χ1n) is 5.32. The number of carbonyl (C=O) groups is 1. The average molecular weight is 246 g/mol. The van der Waals surface area contributed by atoms with E-state index in [1.54, 1.807) is 18.2 Å². The van der Waals surface area contributed by atoms with E-state index in [4.69, 9.17) is 4.52 Å². The summed E-state index contributed by atoms with van der Waals surface area (Å²) in [6.45, 7) is 3.85. The SMILES string of the molecule is C=CCNC(=O)c1cc(-c2ccc(F)cc2)on1. The Morgan fingerprint density at radius 1 is 1.44 bits per heavy atom. The number of hydrogen-bond acceptors (Lipinski definition) is 3. The van der Waals surface area contributed by atoms with E-state index in [1.807, 2.05) is 0 Å². The van der Waals surface area contributed by atoms with Crippen molar-refractivity contribution in [3.8, 4) is 11.3 Å². The van der Waals surface area contributed by atoms with Crippen molar-refractivity contribution < 1.29 is 13.7 Å². The van der Waals surface area contributed by atoms with Crippen molar-refractivity contribution in [2.75, 3.05) is 6.54 Å². The Labute approximate surface area is 103 Å². The fraction of sp³-hybridized carbons (Fsp3) is 0.0769. The van der Waals surface area contributed by atoms with Crippen LogP contribution in [0.4, 0.5) is 4.39 Å². The summed E-state index contributed by atoms with van der Waals surface area (Å²) in [6, 6.07) is 7.25. The Balaban J connectivity index is 2.17. The first-order valence-corrected chi connectivity index (χ1v) is 5.32. The molecule has 0 aliphatic rings. The van der Waals surface area contributed by atoms with Crippen LogP contribution < -0.4 is 5.32 Å². The van der Waals surface area contributed by atoms with E-state index < -0.39 is 0 Å². The molecule has 0 aliphatic carbocycles. The Kier molecular flexibility index (Phi) is 3.52. The zero-order valence-corrected chi connectivity index (χ0v) is 9.52. The molecule has 0 saturated carbocycles. The zero-order valence-electron chi connectivity index (χ0n) is 9.52. The summed E-state index contributed by atoms with van der Waals surface area (Å²) >= 11 is 0. The molecule has 0 bridgehead atoms. The third kappa shape index (κ3) is 2.63. The standard InChI is InChI=1S/C13H11FN2O2/c1-2-7-15-13(17)11-8-12(18-16-11)9-3-5-10(14)6-4-9/h2-6,8H,1,7H2,(H,15,17). The number of hydrogen-bond donors (Lipinski definition) is 1. The molecule has 4 nitrogen and oxygen atoms in total. The van der Waals surface area contributed by atoms with Crippen LogP contribution in [-0.4, -0.2) is 17.6 Å². The van der Waals surface area contributed by atoms with Crippen LogP contribution in [-0.2, 0) is 0 Å². The van der Waals surface area contributed by atoms with Gasteiger partial charge in [-0.3, -0.25) is 4.79 Å². The van der Waals surface area contributed by atoms with E-state index in [9.17, 15) is 9.18 Å². The van der Waals surface area contributed by atoms with Gasteiger partial charge in [-0.25, -0.2) is 4.39 Å². The van der Waals surface area contributed by atoms with Crippen molar-refractivity contribution in [3.05, 3.63) is 54.5 Å². The van der Waals surface area contributed by atoms with Gasteiger partial charge < -0.3 is 9.84 Å². The van der Waals surface area contributed by atoms with Crippen LogP contribution in [0.15, 0.2) is 47.5 Å². The highest BCUT2D eigenvalue weighted by molar-refractivity contribution is 5.93. The summed E-state index contributed by atoms with van der Waals surface area (Å²) in [5, 5.41) is 6.24. The minimum Gasteiger partial charge on any atom is -0.355 e. The van der Waals surface area contributed by atoms with Crippen molar-refractivity contribution in [1.29, 1.82) is 0 Å². The van der Waals surface area contributed by atoms with Gasteiger partial charge in [0.2, 0.25) is 0 Å². The second-order valence-electron chi connectivity index (χ2n) is 3.58. The first-order chi connectivity index (χ1) is 8.70. The molecule has 0 fully saturated rings. The fourth-order valence-corrected chi connectivity index (χ4v) is 1.39. The number of carbonyl (C=O) groups excluding carboxylic acids is 1. The molecule has 1 aromatic carbocycles. The predicted molar refractivity (Wildman–Crippen MR) is 64.4 cm³/mol. The minimum atomic E-state index is -0.341. The molecule has 5 heteroatoms. The number of amides is 1. The van der Waals surface area contributed by atoms with E-state index >= 15 is 0 Å². The second-order valence-corrected chi connectivity index (χ2v) is 3.58. The van der Waals surface area contributed by atoms with Crippen LogP contribution in [0.5, 0.6) is 0 Å². The van der Waals surface area contributed by atoms with Crippen molar-refractivity contribution in [2.45, 2.75) is 0 Å². The quantitative estimate of drug-likeness (QED) is 0.843. The van der Waals surface area contributed by atoms with Gasteiger partial charge in [-0.15, -0.1) is 6.58 Å². The summed E-state index contributed by atoms with van der Waals surface area (Å²) in [7, 11) is 0. The number of nitrogens with one attached hydrogen (secondary N) is 1. The Morgan fingerprint density at radius 3 is 2.83 bits per heavy atom. The number of rotatable bonds is 4. The molecule has 1 heterocycles. The molecule has 0 radical (unpaired) electrons. The summed E-state index contributed by atoms with van der Waals surface area (Å²) in [6.07, 6.45) is 1.57. The van der Waals surface area contributed by atoms with E-state index in [1.165, 1.54) is 18.2 Å². The molecule has 0 aliphatic heterocycles. The lowest BCUT2D eigenvalue weighted by molar-refractivity contribution is 0.0949. The molecule has 0 spiro atoms. The third-order valence-electron chi connectivity index (χ3n) is 2.28. The number of benzene rings is 1. The highest BCUT2D eigenvalue weighted by Gasteiger charge is 2.12. The summed E-state index contributed by atoms with van der Waals surface area (Å²) < 4.78 is 17.8. The largest absolute Gasteiger partial charge is 0.355 e. The van der Waals surface area contributed by atoms with Crippen LogP contribution in [0.2, 0.25) is 0 Å². The summed E-state index contributed by atoms with van der Waals surface area (Å²) in [5.74, 6) is -0.257. The van der Waals surface area contributed by atoms with E-state index in [2.05, 4.69) is 17.1 Å². The van der Waals surface area contributed by atoms with Gasteiger partial charge in [0, 0.05) is 18.2 Å². The molecule has 0 atom stereocenters. The Bertz CT molecular complexity index is 561. The normalized spacial score (nSPS) is 10.1. The van der Waals surface area contributed by atoms with Crippen LogP contribution in [0.25, 0.3) is 11.3 Å². The molecule has 2 rings (SSSR count). The minimum absolute atomic E-state index is 0.177. The smallest absolute Gasteiger partial charge is 0.273 e. The summed E-state index contributed by atoms with van der Waals surface area (Å²) in [5.41, 5.74) is 0.836. The fourth-order valence-electron chi connectivity index (χ4n) is 1.39. The van der Waals surface area contributed by atoms with Gasteiger partial charge in [0.15, 0.2) is 11.5 Å². The molecule has 1 N–H and O–H groups in total.